The number of benzene rings is 7. The van der Waals surface area contributed by atoms with Crippen molar-refractivity contribution >= 4 is 35.4 Å². The minimum atomic E-state index is -5.30. The fourth-order valence-electron chi connectivity index (χ4n) is 13.2. The minimum Gasteiger partial charge on any atom is -0.462 e. The Hall–Kier alpha value is -6.31. The molecule has 112 heavy (non-hydrogen) atoms. The van der Waals surface area contributed by atoms with E-state index in [4.69, 9.17) is 59.7 Å². The lowest BCUT2D eigenvalue weighted by molar-refractivity contribution is -0.243. The fourth-order valence-corrected chi connectivity index (χ4v) is 17.3. The molecule has 0 amide bonds. The first-order valence-electron chi connectivity index (χ1n) is 41.1. The molecule has 8 atom stereocenters. The van der Waals surface area contributed by atoms with Crippen LogP contribution >= 0.6 is 23.5 Å². The summed E-state index contributed by atoms with van der Waals surface area (Å²) < 4.78 is 133. The molecule has 0 radical (unpaired) electrons. The molecule has 0 spiro atoms. The molecule has 22 heteroatoms. The number of rotatable bonds is 61. The number of unbranched alkanes of at least 4 members (excludes halogenated alkanes) is 24. The predicted molar refractivity (Wildman–Crippen MR) is 437 cm³/mol. The summed E-state index contributed by atoms with van der Waals surface area (Å²) in [7, 11) is -15.4. The van der Waals surface area contributed by atoms with Gasteiger partial charge in [0.05, 0.1) is 52.9 Å². The number of aliphatic hydroxyl groups is 1. The van der Waals surface area contributed by atoms with E-state index in [-0.39, 0.29) is 52.5 Å². The summed E-state index contributed by atoms with van der Waals surface area (Å²) in [6.45, 7) is 1.10. The summed E-state index contributed by atoms with van der Waals surface area (Å²) in [5.74, 6) is -1.11. The maximum atomic E-state index is 16.5. The number of esters is 2. The average molecular weight is 1600 g/mol. The Labute approximate surface area is 667 Å². The standard InChI is InChI=1S/C90H123O19P3/c1-3-5-7-9-11-13-15-17-19-21-23-25-48-64-83(91)97-73-82(106-84(92)65-49-26-24-22-20-18-16-14-12-10-8-6-4-2)74-105-112(96,104-72-81-62-46-33-47-63-81)108-87-85(93)86(107-110(94,100-68-77-54-38-29-39-55-77)101-69-78-56-40-30-41-57-78)88(98-66-75-50-34-27-35-51-75)90(89(87)99-67-76-52-36-28-37-53-76)109-111(95,102-70-79-58-42-31-43-59-79)103-71-80-60-44-32-45-61-80/h27-47,50-63,82,85-90,93H,3-26,48-49,64-74H2,1-2H3/t82-,85+,86-,87+,88+,89-,90-,112?/m0/s1. The molecule has 1 aliphatic rings. The zero-order chi connectivity index (χ0) is 78.8. The molecule has 1 unspecified atom stereocenters. The third kappa shape index (κ3) is 36.2. The van der Waals surface area contributed by atoms with E-state index in [9.17, 15) is 14.7 Å². The van der Waals surface area contributed by atoms with Crippen molar-refractivity contribution in [2.24, 2.45) is 0 Å². The van der Waals surface area contributed by atoms with E-state index < -0.39 is 98.0 Å². The van der Waals surface area contributed by atoms with Crippen LogP contribution in [0.15, 0.2) is 212 Å². The van der Waals surface area contributed by atoms with Gasteiger partial charge in [-0.15, -0.1) is 0 Å². The maximum Gasteiger partial charge on any atom is 0.475 e. The quantitative estimate of drug-likeness (QED) is 0.0212. The van der Waals surface area contributed by atoms with Gasteiger partial charge >= 0.3 is 35.4 Å². The fraction of sp³-hybridized carbons (Fsp3) is 0.511. The van der Waals surface area contributed by atoms with E-state index in [2.05, 4.69) is 13.8 Å². The number of hydrogen-bond donors (Lipinski definition) is 1. The summed E-state index contributed by atoms with van der Waals surface area (Å²) in [6.07, 6.45) is 16.5. The summed E-state index contributed by atoms with van der Waals surface area (Å²) in [6, 6.07) is 62.6. The molecule has 1 saturated carbocycles. The highest BCUT2D eigenvalue weighted by atomic mass is 31.2. The average Bonchev–Trinajstić information content (AvgIpc) is 0.750. The van der Waals surface area contributed by atoms with E-state index in [1.54, 1.807) is 164 Å². The van der Waals surface area contributed by atoms with E-state index >= 15 is 13.7 Å². The number of aliphatic hydroxyl groups excluding tert-OH is 1. The van der Waals surface area contributed by atoms with Crippen molar-refractivity contribution in [1.82, 2.24) is 0 Å². The van der Waals surface area contributed by atoms with E-state index in [1.165, 1.54) is 103 Å². The van der Waals surface area contributed by atoms with Crippen molar-refractivity contribution < 1.29 is 88.1 Å². The Morgan fingerprint density at radius 2 is 0.536 bits per heavy atom. The van der Waals surface area contributed by atoms with Gasteiger partial charge in [0.25, 0.3) is 0 Å². The first-order chi connectivity index (χ1) is 54.8. The van der Waals surface area contributed by atoms with Crippen LogP contribution in [0.25, 0.3) is 0 Å². The second-order valence-corrected chi connectivity index (χ2v) is 33.8. The van der Waals surface area contributed by atoms with Gasteiger partial charge in [-0.25, -0.2) is 13.7 Å². The van der Waals surface area contributed by atoms with Gasteiger partial charge in [0, 0.05) is 12.8 Å². The summed E-state index contributed by atoms with van der Waals surface area (Å²) in [4.78, 5) is 27.8. The van der Waals surface area contributed by atoms with E-state index in [0.29, 0.717) is 51.8 Å². The van der Waals surface area contributed by atoms with Crippen molar-refractivity contribution in [1.29, 1.82) is 0 Å². The molecule has 19 nitrogen and oxygen atoms in total. The van der Waals surface area contributed by atoms with E-state index in [0.717, 1.165) is 51.4 Å². The maximum absolute atomic E-state index is 16.5. The van der Waals surface area contributed by atoms with Gasteiger partial charge in [-0.3, -0.25) is 50.3 Å². The Bertz CT molecular complexity index is 3650. The van der Waals surface area contributed by atoms with Crippen LogP contribution in [0.3, 0.4) is 0 Å². The normalized spacial score (nSPS) is 17.4. The summed E-state index contributed by atoms with van der Waals surface area (Å²) in [5.41, 5.74) is 4.12. The molecule has 0 aromatic heterocycles. The van der Waals surface area contributed by atoms with Crippen molar-refractivity contribution in [3.8, 4) is 0 Å². The second kappa shape index (κ2) is 53.8. The van der Waals surface area contributed by atoms with Gasteiger partial charge in [-0.1, -0.05) is 380 Å². The highest BCUT2D eigenvalue weighted by molar-refractivity contribution is 7.49. The van der Waals surface area contributed by atoms with Crippen LogP contribution in [0.1, 0.15) is 233 Å². The number of ether oxygens (including phenoxy) is 4. The molecule has 7 aromatic carbocycles. The Kier molecular flexibility index (Phi) is 43.8. The van der Waals surface area contributed by atoms with Crippen LogP contribution in [0, 0.1) is 0 Å². The number of phosphoric ester groups is 3. The highest BCUT2D eigenvalue weighted by Gasteiger charge is 2.60. The zero-order valence-corrected chi connectivity index (χ0v) is 68.7. The van der Waals surface area contributed by atoms with Crippen LogP contribution in [0.5, 0.6) is 0 Å². The van der Waals surface area contributed by atoms with Gasteiger partial charge in [0.2, 0.25) is 0 Å². The molecule has 1 fully saturated rings. The van der Waals surface area contributed by atoms with Crippen molar-refractivity contribution in [3.63, 3.8) is 0 Å². The van der Waals surface area contributed by atoms with Crippen LogP contribution in [0.2, 0.25) is 0 Å². The molecule has 0 aliphatic heterocycles. The molecular weight excluding hydrogens is 1480 g/mol. The number of carbonyl (C=O) groups excluding carboxylic acids is 2. The largest absolute Gasteiger partial charge is 0.475 e. The first-order valence-corrected chi connectivity index (χ1v) is 45.4. The lowest BCUT2D eigenvalue weighted by Crippen LogP contribution is -2.66. The van der Waals surface area contributed by atoms with Gasteiger partial charge in [0.15, 0.2) is 6.10 Å². The Morgan fingerprint density at radius 1 is 0.295 bits per heavy atom. The molecular formula is C90H123O19P3. The van der Waals surface area contributed by atoms with Gasteiger partial charge in [-0.2, -0.15) is 0 Å². The molecule has 0 saturated heterocycles. The Morgan fingerprint density at radius 3 is 0.821 bits per heavy atom. The second-order valence-electron chi connectivity index (χ2n) is 28.9. The number of phosphoric acid groups is 3. The first kappa shape index (κ1) is 91.2. The highest BCUT2D eigenvalue weighted by Crippen LogP contribution is 2.60. The van der Waals surface area contributed by atoms with Crippen LogP contribution in [-0.4, -0.2) is 73.0 Å². The smallest absolute Gasteiger partial charge is 0.462 e. The van der Waals surface area contributed by atoms with Crippen molar-refractivity contribution in [2.75, 3.05) is 13.2 Å². The molecule has 0 heterocycles. The van der Waals surface area contributed by atoms with E-state index in [1.807, 2.05) is 48.5 Å². The van der Waals surface area contributed by atoms with Gasteiger partial charge in [-0.05, 0) is 51.8 Å². The number of hydrogen-bond acceptors (Lipinski definition) is 19. The van der Waals surface area contributed by atoms with Gasteiger partial charge in [0.1, 0.15) is 43.2 Å². The molecule has 1 aliphatic carbocycles. The summed E-state index contributed by atoms with van der Waals surface area (Å²) >= 11 is 0. The van der Waals surface area contributed by atoms with Crippen LogP contribution in [-0.2, 0) is 129 Å². The van der Waals surface area contributed by atoms with Crippen molar-refractivity contribution in [3.05, 3.63) is 251 Å². The summed E-state index contributed by atoms with van der Waals surface area (Å²) in [5, 5.41) is 13.7. The van der Waals surface area contributed by atoms with Crippen LogP contribution in [0.4, 0.5) is 0 Å². The third-order valence-corrected chi connectivity index (χ3v) is 23.8. The monoisotopic (exact) mass is 1600 g/mol. The topological polar surface area (TPSA) is 226 Å². The van der Waals surface area contributed by atoms with Crippen LogP contribution < -0.4 is 0 Å². The minimum absolute atomic E-state index is 0.0484. The van der Waals surface area contributed by atoms with Gasteiger partial charge < -0.3 is 24.1 Å². The lowest BCUT2D eigenvalue weighted by Gasteiger charge is -2.48. The Balaban J connectivity index is 1.15. The lowest BCUT2D eigenvalue weighted by atomic mass is 9.84. The molecule has 7 aromatic rings. The number of carbonyl (C=O) groups is 2. The van der Waals surface area contributed by atoms with Crippen molar-refractivity contribution in [2.45, 2.75) is 283 Å². The molecule has 612 valence electrons. The third-order valence-electron chi connectivity index (χ3n) is 19.6. The molecule has 0 bridgehead atoms. The molecule has 1 N–H and O–H groups in total. The molecule has 8 rings (SSSR count). The SMILES string of the molecule is CCCCCCCCCCCCCCCC(=O)OC[C@@H](COP(=O)(OCc1ccccc1)O[C@@H]1[C@H](O)[C@H](OP(=O)(OCc2ccccc2)OCc2ccccc2)[C@@H](OCc2ccccc2)[C@H](OP(=O)(OCc2ccccc2)OCc2ccccc2)[C@H]1OCc1ccccc1)OC(=O)CCCCCCCCCCCCCCC. The zero-order valence-electron chi connectivity index (χ0n) is 66.0. The predicted octanol–water partition coefficient (Wildman–Crippen LogP) is 23.5.